The van der Waals surface area contributed by atoms with Crippen molar-refractivity contribution in [1.82, 2.24) is 10.2 Å². The van der Waals surface area contributed by atoms with Gasteiger partial charge in [0, 0.05) is 12.6 Å². The lowest BCUT2D eigenvalue weighted by molar-refractivity contribution is 0.268. The molecule has 0 saturated heterocycles. The maximum atomic E-state index is 5.22. The van der Waals surface area contributed by atoms with Crippen molar-refractivity contribution < 1.29 is 4.74 Å². The van der Waals surface area contributed by atoms with Gasteiger partial charge in [0.25, 0.3) is 0 Å². The normalized spacial score (nSPS) is 11.3. The molecule has 0 saturated carbocycles. The number of nitrogens with one attached hydrogen (secondary N) is 1. The Morgan fingerprint density at radius 2 is 2.05 bits per heavy atom. The van der Waals surface area contributed by atoms with Crippen molar-refractivity contribution in [3.05, 3.63) is 29.8 Å². The molecule has 0 heterocycles. The van der Waals surface area contributed by atoms with E-state index in [-0.39, 0.29) is 0 Å². The number of hydrogen-bond donors (Lipinski definition) is 1. The Bertz CT molecular complexity index is 352. The first kappa shape index (κ1) is 16.0. The van der Waals surface area contributed by atoms with E-state index in [2.05, 4.69) is 43.2 Å². The third-order valence-corrected chi connectivity index (χ3v) is 3.46. The van der Waals surface area contributed by atoms with Gasteiger partial charge in [-0.25, -0.2) is 0 Å². The van der Waals surface area contributed by atoms with Gasteiger partial charge in [-0.05, 0) is 64.5 Å². The van der Waals surface area contributed by atoms with Gasteiger partial charge in [0.05, 0.1) is 7.11 Å². The van der Waals surface area contributed by atoms with E-state index in [0.29, 0.717) is 6.04 Å². The molecule has 0 radical (unpaired) electrons. The summed E-state index contributed by atoms with van der Waals surface area (Å²) in [6.07, 6.45) is 2.47. The first-order chi connectivity index (χ1) is 9.13. The predicted molar refractivity (Wildman–Crippen MR) is 81.7 cm³/mol. The number of rotatable bonds is 9. The monoisotopic (exact) mass is 264 g/mol. The quantitative estimate of drug-likeness (QED) is 0.694. The molecule has 0 aliphatic carbocycles. The van der Waals surface area contributed by atoms with Crippen molar-refractivity contribution >= 4 is 0 Å². The second-order valence-electron chi connectivity index (χ2n) is 5.31. The van der Waals surface area contributed by atoms with Crippen LogP contribution in [0.5, 0.6) is 5.75 Å². The van der Waals surface area contributed by atoms with E-state index < -0.39 is 0 Å². The summed E-state index contributed by atoms with van der Waals surface area (Å²) in [7, 11) is 3.89. The summed E-state index contributed by atoms with van der Waals surface area (Å²) >= 11 is 0. The molecule has 108 valence electrons. The molecule has 0 unspecified atom stereocenters. The molecule has 3 heteroatoms. The van der Waals surface area contributed by atoms with Crippen molar-refractivity contribution in [2.45, 2.75) is 39.3 Å². The lowest BCUT2D eigenvalue weighted by atomic mass is 10.2. The van der Waals surface area contributed by atoms with Crippen LogP contribution in [0.15, 0.2) is 24.3 Å². The van der Waals surface area contributed by atoms with Crippen LogP contribution < -0.4 is 10.1 Å². The first-order valence-corrected chi connectivity index (χ1v) is 7.17. The van der Waals surface area contributed by atoms with Crippen LogP contribution >= 0.6 is 0 Å². The van der Waals surface area contributed by atoms with E-state index in [9.17, 15) is 0 Å². The van der Waals surface area contributed by atoms with Crippen molar-refractivity contribution in [2.24, 2.45) is 0 Å². The maximum absolute atomic E-state index is 5.22. The van der Waals surface area contributed by atoms with Gasteiger partial charge in [0.15, 0.2) is 0 Å². The molecule has 0 aliphatic heterocycles. The van der Waals surface area contributed by atoms with Crippen LogP contribution in [0.25, 0.3) is 0 Å². The van der Waals surface area contributed by atoms with Gasteiger partial charge in [0.2, 0.25) is 0 Å². The second-order valence-corrected chi connectivity index (χ2v) is 5.31. The highest BCUT2D eigenvalue weighted by atomic mass is 16.5. The third-order valence-electron chi connectivity index (χ3n) is 3.46. The number of nitrogens with zero attached hydrogens (tertiary/aromatic N) is 1. The Morgan fingerprint density at radius 1 is 1.26 bits per heavy atom. The fraction of sp³-hybridized carbons (Fsp3) is 0.625. The molecule has 0 aliphatic rings. The summed E-state index contributed by atoms with van der Waals surface area (Å²) in [4.78, 5) is 2.39. The van der Waals surface area contributed by atoms with E-state index in [1.807, 2.05) is 12.1 Å². The number of unbranched alkanes of at least 4 members (excludes halogenated alkanes) is 1. The molecule has 0 aromatic heterocycles. The van der Waals surface area contributed by atoms with Crippen molar-refractivity contribution in [1.29, 1.82) is 0 Å². The van der Waals surface area contributed by atoms with Gasteiger partial charge in [-0.3, -0.25) is 0 Å². The molecule has 1 aromatic rings. The van der Waals surface area contributed by atoms with Gasteiger partial charge in [-0.1, -0.05) is 12.1 Å². The molecule has 3 nitrogen and oxygen atoms in total. The van der Waals surface area contributed by atoms with E-state index in [1.165, 1.54) is 24.9 Å². The van der Waals surface area contributed by atoms with Crippen LogP contribution in [0.2, 0.25) is 0 Å². The fourth-order valence-electron chi connectivity index (χ4n) is 1.88. The average molecular weight is 264 g/mol. The largest absolute Gasteiger partial charge is 0.497 e. The van der Waals surface area contributed by atoms with E-state index in [4.69, 9.17) is 4.74 Å². The number of methoxy groups -OCH3 is 1. The minimum Gasteiger partial charge on any atom is -0.497 e. The summed E-state index contributed by atoms with van der Waals surface area (Å²) in [5.41, 5.74) is 1.28. The van der Waals surface area contributed by atoms with Gasteiger partial charge < -0.3 is 15.0 Å². The van der Waals surface area contributed by atoms with E-state index in [0.717, 1.165) is 18.8 Å². The summed E-state index contributed by atoms with van der Waals surface area (Å²) in [6.45, 7) is 7.64. The minimum absolute atomic E-state index is 0.643. The zero-order chi connectivity index (χ0) is 14.1. The smallest absolute Gasteiger partial charge is 0.119 e. The Labute approximate surface area is 118 Å². The van der Waals surface area contributed by atoms with Gasteiger partial charge >= 0.3 is 0 Å². The van der Waals surface area contributed by atoms with Crippen LogP contribution in [0.4, 0.5) is 0 Å². The Balaban J connectivity index is 2.10. The van der Waals surface area contributed by atoms with Gasteiger partial charge in [0.1, 0.15) is 5.75 Å². The highest BCUT2D eigenvalue weighted by Crippen LogP contribution is 2.12. The molecule has 0 fully saturated rings. The standard InChI is InChI=1S/C16H28N2O/c1-14(2)18(3)11-6-5-10-17-13-15-8-7-9-16(12-15)19-4/h7-9,12,14,17H,5-6,10-11,13H2,1-4H3. The highest BCUT2D eigenvalue weighted by molar-refractivity contribution is 5.28. The topological polar surface area (TPSA) is 24.5 Å². The van der Waals surface area contributed by atoms with Crippen molar-refractivity contribution in [3.63, 3.8) is 0 Å². The van der Waals surface area contributed by atoms with Crippen molar-refractivity contribution in [2.75, 3.05) is 27.2 Å². The first-order valence-electron chi connectivity index (χ1n) is 7.17. The molecule has 1 rings (SSSR count). The van der Waals surface area contributed by atoms with Gasteiger partial charge in [-0.2, -0.15) is 0 Å². The summed E-state index contributed by atoms with van der Waals surface area (Å²) in [5.74, 6) is 0.929. The molecule has 19 heavy (non-hydrogen) atoms. The second kappa shape index (κ2) is 8.94. The molecule has 0 atom stereocenters. The maximum Gasteiger partial charge on any atom is 0.119 e. The zero-order valence-corrected chi connectivity index (χ0v) is 12.8. The van der Waals surface area contributed by atoms with E-state index >= 15 is 0 Å². The SMILES string of the molecule is COc1cccc(CNCCCCN(C)C(C)C)c1. The summed E-state index contributed by atoms with van der Waals surface area (Å²) < 4.78 is 5.22. The fourth-order valence-corrected chi connectivity index (χ4v) is 1.88. The number of benzene rings is 1. The predicted octanol–water partition coefficient (Wildman–Crippen LogP) is 2.91. The Morgan fingerprint density at radius 3 is 2.74 bits per heavy atom. The molecule has 0 amide bonds. The van der Waals surface area contributed by atoms with Crippen LogP contribution in [0, 0.1) is 0 Å². The molecule has 1 aromatic carbocycles. The average Bonchev–Trinajstić information content (AvgIpc) is 2.42. The van der Waals surface area contributed by atoms with Crippen LogP contribution in [-0.4, -0.2) is 38.2 Å². The number of ether oxygens (including phenoxy) is 1. The highest BCUT2D eigenvalue weighted by Gasteiger charge is 2.01. The summed E-state index contributed by atoms with van der Waals surface area (Å²) in [5, 5.41) is 3.48. The Kier molecular flexibility index (Phi) is 7.53. The molecule has 0 bridgehead atoms. The molecular weight excluding hydrogens is 236 g/mol. The lowest BCUT2D eigenvalue weighted by Crippen LogP contribution is -2.27. The zero-order valence-electron chi connectivity index (χ0n) is 12.8. The van der Waals surface area contributed by atoms with E-state index in [1.54, 1.807) is 7.11 Å². The molecule has 0 spiro atoms. The van der Waals surface area contributed by atoms with Crippen molar-refractivity contribution in [3.8, 4) is 5.75 Å². The molecular formula is C16H28N2O. The lowest BCUT2D eigenvalue weighted by Gasteiger charge is -2.20. The third kappa shape index (κ3) is 6.60. The Hall–Kier alpha value is -1.06. The number of hydrogen-bond acceptors (Lipinski definition) is 3. The van der Waals surface area contributed by atoms with Crippen LogP contribution in [0.3, 0.4) is 0 Å². The minimum atomic E-state index is 0.643. The summed E-state index contributed by atoms with van der Waals surface area (Å²) in [6, 6.07) is 8.87. The van der Waals surface area contributed by atoms with Gasteiger partial charge in [-0.15, -0.1) is 0 Å². The van der Waals surface area contributed by atoms with Crippen LogP contribution in [0.1, 0.15) is 32.3 Å². The molecule has 1 N–H and O–H groups in total. The van der Waals surface area contributed by atoms with Crippen LogP contribution in [-0.2, 0) is 6.54 Å².